The summed E-state index contributed by atoms with van der Waals surface area (Å²) in [4.78, 5) is 10.7. The molecule has 1 rings (SSSR count). The molecule has 0 aliphatic rings. The van der Waals surface area contributed by atoms with Crippen molar-refractivity contribution in [3.63, 3.8) is 0 Å². The normalized spacial score (nSPS) is 12.4. The van der Waals surface area contributed by atoms with Crippen molar-refractivity contribution < 1.29 is 20.1 Å². The van der Waals surface area contributed by atoms with Crippen LogP contribution in [0, 0.1) is 0 Å². The Bertz CT molecular complexity index is 346. The van der Waals surface area contributed by atoms with Gasteiger partial charge in [-0.2, -0.15) is 0 Å². The van der Waals surface area contributed by atoms with E-state index in [0.29, 0.717) is 5.56 Å². The summed E-state index contributed by atoms with van der Waals surface area (Å²) in [5.41, 5.74) is 0.600. The van der Waals surface area contributed by atoms with Crippen molar-refractivity contribution in [3.05, 3.63) is 23.8 Å². The van der Waals surface area contributed by atoms with E-state index in [9.17, 15) is 9.90 Å². The summed E-state index contributed by atoms with van der Waals surface area (Å²) in [6, 6.07) is 4.18. The van der Waals surface area contributed by atoms with Crippen LogP contribution in [0.3, 0.4) is 0 Å². The fourth-order valence-electron chi connectivity index (χ4n) is 1.06. The third kappa shape index (κ3) is 2.47. The lowest BCUT2D eigenvalue weighted by atomic mass is 10.1. The number of hydrogen-bond acceptors (Lipinski definition) is 4. The fourth-order valence-corrected chi connectivity index (χ4v) is 1.06. The van der Waals surface area contributed by atoms with Gasteiger partial charge in [-0.25, -0.2) is 0 Å². The first-order valence-electron chi connectivity index (χ1n) is 4.20. The number of carbonyl (C=O) groups excluding carboxylic acids is 1. The highest BCUT2D eigenvalue weighted by Gasteiger charge is 2.11. The minimum absolute atomic E-state index is 0.142. The van der Waals surface area contributed by atoms with Crippen LogP contribution in [0.2, 0.25) is 0 Å². The van der Waals surface area contributed by atoms with Crippen LogP contribution in [-0.4, -0.2) is 27.2 Å². The summed E-state index contributed by atoms with van der Waals surface area (Å²) < 4.78 is 0. The Balaban J connectivity index is 2.78. The average Bonchev–Trinajstić information content (AvgIpc) is 2.11. The molecule has 4 heteroatoms. The van der Waals surface area contributed by atoms with Gasteiger partial charge in [-0.1, -0.05) is 6.07 Å². The maximum absolute atomic E-state index is 10.7. The molecule has 1 aromatic carbocycles. The van der Waals surface area contributed by atoms with Crippen LogP contribution in [0.15, 0.2) is 18.2 Å². The molecule has 76 valence electrons. The molecule has 0 fully saturated rings. The highest BCUT2D eigenvalue weighted by atomic mass is 16.3. The molecular weight excluding hydrogens is 184 g/mol. The zero-order valence-corrected chi connectivity index (χ0v) is 7.77. The Labute approximate surface area is 81.4 Å². The minimum Gasteiger partial charge on any atom is -0.504 e. The van der Waals surface area contributed by atoms with Gasteiger partial charge in [0.25, 0.3) is 0 Å². The number of aliphatic hydroxyl groups excluding tert-OH is 1. The second-order valence-corrected chi connectivity index (χ2v) is 3.15. The molecule has 1 atom stereocenters. The summed E-state index contributed by atoms with van der Waals surface area (Å²) in [5, 5.41) is 27.4. The lowest BCUT2D eigenvalue weighted by Gasteiger charge is -2.07. The number of aromatic hydroxyl groups is 2. The Hall–Kier alpha value is -1.55. The first-order valence-corrected chi connectivity index (χ1v) is 4.20. The highest BCUT2D eigenvalue weighted by molar-refractivity contribution is 5.80. The minimum atomic E-state index is -1.06. The van der Waals surface area contributed by atoms with Gasteiger partial charge in [0.1, 0.15) is 6.10 Å². The molecule has 0 heterocycles. The molecule has 1 aromatic rings. The first kappa shape index (κ1) is 10.5. The SMILES string of the molecule is CC(=O)[C@H](O)Cc1ccc(O)c(O)c1. The van der Waals surface area contributed by atoms with E-state index in [-0.39, 0.29) is 23.7 Å². The first-order chi connectivity index (χ1) is 6.50. The molecule has 0 aromatic heterocycles. The van der Waals surface area contributed by atoms with Crippen LogP contribution in [-0.2, 0) is 11.2 Å². The number of phenolic OH excluding ortho intramolecular Hbond substituents is 2. The summed E-state index contributed by atoms with van der Waals surface area (Å²) in [6.07, 6.45) is -0.914. The number of rotatable bonds is 3. The maximum atomic E-state index is 10.7. The van der Waals surface area contributed by atoms with Gasteiger partial charge in [-0.3, -0.25) is 4.79 Å². The van der Waals surface area contributed by atoms with Crippen molar-refractivity contribution in [2.75, 3.05) is 0 Å². The molecule has 0 unspecified atom stereocenters. The quantitative estimate of drug-likeness (QED) is 0.618. The summed E-state index contributed by atoms with van der Waals surface area (Å²) >= 11 is 0. The molecule has 0 spiro atoms. The van der Waals surface area contributed by atoms with Crippen LogP contribution in [0.5, 0.6) is 11.5 Å². The Kier molecular flexibility index (Phi) is 3.09. The number of ketones is 1. The van der Waals surface area contributed by atoms with E-state index in [4.69, 9.17) is 10.2 Å². The third-order valence-electron chi connectivity index (χ3n) is 1.94. The molecule has 0 bridgehead atoms. The smallest absolute Gasteiger partial charge is 0.158 e. The molecule has 0 saturated carbocycles. The van der Waals surface area contributed by atoms with E-state index in [0.717, 1.165) is 0 Å². The largest absolute Gasteiger partial charge is 0.504 e. The predicted octanol–water partition coefficient (Wildman–Crippen LogP) is 0.590. The van der Waals surface area contributed by atoms with E-state index >= 15 is 0 Å². The van der Waals surface area contributed by atoms with Crippen molar-refractivity contribution in [2.24, 2.45) is 0 Å². The molecule has 4 nitrogen and oxygen atoms in total. The van der Waals surface area contributed by atoms with Crippen molar-refractivity contribution in [3.8, 4) is 11.5 Å². The Morgan fingerprint density at radius 2 is 2.00 bits per heavy atom. The molecule has 3 N–H and O–H groups in total. The van der Waals surface area contributed by atoms with Crippen LogP contribution in [0.1, 0.15) is 12.5 Å². The number of carbonyl (C=O) groups is 1. The van der Waals surface area contributed by atoms with Gasteiger partial charge in [-0.05, 0) is 24.6 Å². The fraction of sp³-hybridized carbons (Fsp3) is 0.300. The number of Topliss-reactive ketones (excluding diaryl/α,β-unsaturated/α-hetero) is 1. The molecule has 0 saturated heterocycles. The van der Waals surface area contributed by atoms with E-state index in [1.807, 2.05) is 0 Å². The van der Waals surface area contributed by atoms with E-state index < -0.39 is 6.10 Å². The van der Waals surface area contributed by atoms with Crippen LogP contribution >= 0.6 is 0 Å². The summed E-state index contributed by atoms with van der Waals surface area (Å²) in [6.45, 7) is 1.30. The molecule has 14 heavy (non-hydrogen) atoms. The van der Waals surface area contributed by atoms with Crippen molar-refractivity contribution in [2.45, 2.75) is 19.4 Å². The number of phenols is 2. The van der Waals surface area contributed by atoms with Crippen molar-refractivity contribution in [1.82, 2.24) is 0 Å². The lowest BCUT2D eigenvalue weighted by molar-refractivity contribution is -0.124. The monoisotopic (exact) mass is 196 g/mol. The van der Waals surface area contributed by atoms with Gasteiger partial charge in [0.2, 0.25) is 0 Å². The molecule has 0 aliphatic carbocycles. The van der Waals surface area contributed by atoms with Gasteiger partial charge < -0.3 is 15.3 Å². The second kappa shape index (κ2) is 4.11. The zero-order valence-electron chi connectivity index (χ0n) is 7.77. The van der Waals surface area contributed by atoms with Crippen LogP contribution in [0.25, 0.3) is 0 Å². The van der Waals surface area contributed by atoms with Crippen molar-refractivity contribution in [1.29, 1.82) is 0 Å². The summed E-state index contributed by atoms with van der Waals surface area (Å²) in [7, 11) is 0. The maximum Gasteiger partial charge on any atom is 0.158 e. The van der Waals surface area contributed by atoms with E-state index in [1.165, 1.54) is 19.1 Å². The van der Waals surface area contributed by atoms with Crippen molar-refractivity contribution >= 4 is 5.78 Å². The molecular formula is C10H12O4. The van der Waals surface area contributed by atoms with Gasteiger partial charge in [-0.15, -0.1) is 0 Å². The number of aliphatic hydroxyl groups is 1. The van der Waals surface area contributed by atoms with E-state index in [1.54, 1.807) is 6.07 Å². The van der Waals surface area contributed by atoms with Gasteiger partial charge in [0, 0.05) is 6.42 Å². The molecule has 0 amide bonds. The topological polar surface area (TPSA) is 77.8 Å². The van der Waals surface area contributed by atoms with Gasteiger partial charge in [0.05, 0.1) is 0 Å². The summed E-state index contributed by atoms with van der Waals surface area (Å²) in [5.74, 6) is -0.790. The number of hydrogen-bond donors (Lipinski definition) is 3. The van der Waals surface area contributed by atoms with Gasteiger partial charge >= 0.3 is 0 Å². The van der Waals surface area contributed by atoms with E-state index in [2.05, 4.69) is 0 Å². The van der Waals surface area contributed by atoms with Gasteiger partial charge in [0.15, 0.2) is 17.3 Å². The second-order valence-electron chi connectivity index (χ2n) is 3.15. The Morgan fingerprint density at radius 3 is 2.50 bits per heavy atom. The molecule has 0 aliphatic heterocycles. The highest BCUT2D eigenvalue weighted by Crippen LogP contribution is 2.25. The standard InChI is InChI=1S/C10H12O4/c1-6(11)9(13)4-7-2-3-8(12)10(14)5-7/h2-3,5,9,12-14H,4H2,1H3/t9-/m1/s1. The molecule has 0 radical (unpaired) electrons. The lowest BCUT2D eigenvalue weighted by Crippen LogP contribution is -2.19. The van der Waals surface area contributed by atoms with Crippen LogP contribution < -0.4 is 0 Å². The number of benzene rings is 1. The van der Waals surface area contributed by atoms with Crippen LogP contribution in [0.4, 0.5) is 0 Å². The Morgan fingerprint density at radius 1 is 1.36 bits per heavy atom. The third-order valence-corrected chi connectivity index (χ3v) is 1.94. The zero-order chi connectivity index (χ0) is 10.7. The predicted molar refractivity (Wildman–Crippen MR) is 50.2 cm³/mol. The average molecular weight is 196 g/mol.